The summed E-state index contributed by atoms with van der Waals surface area (Å²) in [5, 5.41) is 9.70. The van der Waals surface area contributed by atoms with Gasteiger partial charge in [0.1, 0.15) is 13.2 Å². The van der Waals surface area contributed by atoms with Gasteiger partial charge in [0.2, 0.25) is 10.0 Å². The summed E-state index contributed by atoms with van der Waals surface area (Å²) in [7, 11) is -3.71. The number of phenolic OH excluding ortho intramolecular Hbond substituents is 1. The first kappa shape index (κ1) is 20.3. The van der Waals surface area contributed by atoms with Crippen LogP contribution < -0.4 is 14.2 Å². The maximum Gasteiger partial charge on any atom is 0.260 e. The van der Waals surface area contributed by atoms with Crippen LogP contribution in [0.2, 0.25) is 0 Å². The summed E-state index contributed by atoms with van der Waals surface area (Å²) in [5.41, 5.74) is 0. The van der Waals surface area contributed by atoms with Gasteiger partial charge in [-0.15, -0.1) is 0 Å². The molecule has 0 spiro atoms. The lowest BCUT2D eigenvalue weighted by atomic mass is 10.3. The molecule has 2 aliphatic rings. The van der Waals surface area contributed by atoms with E-state index in [9.17, 15) is 18.3 Å². The van der Waals surface area contributed by atoms with Crippen molar-refractivity contribution in [2.45, 2.75) is 4.90 Å². The summed E-state index contributed by atoms with van der Waals surface area (Å²) in [6.07, 6.45) is 0. The van der Waals surface area contributed by atoms with E-state index in [1.807, 2.05) is 0 Å². The van der Waals surface area contributed by atoms with Crippen molar-refractivity contribution in [2.75, 3.05) is 46.0 Å². The molecule has 2 aromatic rings. The molecular formula is C20H22N2O7S. The van der Waals surface area contributed by atoms with Crippen molar-refractivity contribution in [1.29, 1.82) is 0 Å². The second-order valence-electron chi connectivity index (χ2n) is 6.85. The summed E-state index contributed by atoms with van der Waals surface area (Å²) in [6, 6.07) is 11.0. The molecule has 0 aliphatic carbocycles. The van der Waals surface area contributed by atoms with Crippen LogP contribution in [0.25, 0.3) is 0 Å². The summed E-state index contributed by atoms with van der Waals surface area (Å²) in [4.78, 5) is 14.1. The summed E-state index contributed by atoms with van der Waals surface area (Å²) in [5.74, 6) is 0.860. The number of rotatable bonds is 5. The molecule has 1 saturated heterocycles. The Morgan fingerprint density at radius 2 is 1.70 bits per heavy atom. The number of hydrogen-bond donors (Lipinski definition) is 1. The Bertz CT molecular complexity index is 1030. The second kappa shape index (κ2) is 8.41. The molecule has 1 N–H and O–H groups in total. The molecular weight excluding hydrogens is 412 g/mol. The highest BCUT2D eigenvalue weighted by Crippen LogP contribution is 2.33. The zero-order chi connectivity index (χ0) is 21.1. The van der Waals surface area contributed by atoms with E-state index < -0.39 is 10.0 Å². The number of benzene rings is 2. The standard InChI is InChI=1S/C20H22N2O7S/c23-16-3-1-2-4-17(16)29-14-20(24)21-7-9-22(10-8-21)30(25,26)15-5-6-18-19(13-15)28-12-11-27-18/h1-6,13,23H,7-12,14H2. The first-order valence-corrected chi connectivity index (χ1v) is 11.0. The minimum absolute atomic E-state index is 0.0411. The zero-order valence-electron chi connectivity index (χ0n) is 16.2. The number of para-hydroxylation sites is 2. The molecule has 0 bridgehead atoms. The summed E-state index contributed by atoms with van der Waals surface area (Å²) >= 11 is 0. The van der Waals surface area contributed by atoms with Crippen molar-refractivity contribution in [3.05, 3.63) is 42.5 Å². The van der Waals surface area contributed by atoms with Gasteiger partial charge in [-0.3, -0.25) is 4.79 Å². The number of carbonyl (C=O) groups excluding carboxylic acids is 1. The number of hydrogen-bond acceptors (Lipinski definition) is 7. The number of aromatic hydroxyl groups is 1. The lowest BCUT2D eigenvalue weighted by molar-refractivity contribution is -0.134. The van der Waals surface area contributed by atoms with Gasteiger partial charge in [0.25, 0.3) is 5.91 Å². The minimum atomic E-state index is -3.71. The Hall–Kier alpha value is -2.98. The SMILES string of the molecule is O=C(COc1ccccc1O)N1CCN(S(=O)(=O)c2ccc3c(c2)OCCO3)CC1. The fraction of sp³-hybridized carbons (Fsp3) is 0.350. The van der Waals surface area contributed by atoms with Crippen LogP contribution >= 0.6 is 0 Å². The van der Waals surface area contributed by atoms with Gasteiger partial charge < -0.3 is 24.2 Å². The van der Waals surface area contributed by atoms with Crippen LogP contribution in [-0.4, -0.2) is 74.6 Å². The maximum atomic E-state index is 13.0. The third-order valence-electron chi connectivity index (χ3n) is 4.96. The Balaban J connectivity index is 1.35. The van der Waals surface area contributed by atoms with Crippen molar-refractivity contribution in [3.8, 4) is 23.0 Å². The van der Waals surface area contributed by atoms with Crippen LogP contribution in [0.5, 0.6) is 23.0 Å². The monoisotopic (exact) mass is 434 g/mol. The van der Waals surface area contributed by atoms with Crippen molar-refractivity contribution in [1.82, 2.24) is 9.21 Å². The van der Waals surface area contributed by atoms with Gasteiger partial charge in [0.15, 0.2) is 29.6 Å². The molecule has 2 aromatic carbocycles. The molecule has 1 fully saturated rings. The Morgan fingerprint density at radius 3 is 2.43 bits per heavy atom. The van der Waals surface area contributed by atoms with Gasteiger partial charge in [-0.25, -0.2) is 8.42 Å². The van der Waals surface area contributed by atoms with Gasteiger partial charge in [-0.2, -0.15) is 4.31 Å². The molecule has 0 radical (unpaired) electrons. The Labute approximate surface area is 174 Å². The molecule has 1 amide bonds. The van der Waals surface area contributed by atoms with Crippen LogP contribution in [0.1, 0.15) is 0 Å². The zero-order valence-corrected chi connectivity index (χ0v) is 17.0. The quantitative estimate of drug-likeness (QED) is 0.751. The second-order valence-corrected chi connectivity index (χ2v) is 8.78. The normalized spacial score (nSPS) is 16.9. The highest BCUT2D eigenvalue weighted by atomic mass is 32.2. The number of phenols is 1. The Morgan fingerprint density at radius 1 is 1.00 bits per heavy atom. The van der Waals surface area contributed by atoms with E-state index in [1.54, 1.807) is 29.2 Å². The fourth-order valence-corrected chi connectivity index (χ4v) is 4.76. The molecule has 160 valence electrons. The molecule has 30 heavy (non-hydrogen) atoms. The predicted molar refractivity (Wildman–Crippen MR) is 106 cm³/mol. The first-order valence-electron chi connectivity index (χ1n) is 9.53. The first-order chi connectivity index (χ1) is 14.4. The topological polar surface area (TPSA) is 106 Å². The largest absolute Gasteiger partial charge is 0.504 e. The maximum absolute atomic E-state index is 13.0. The molecule has 0 unspecified atom stereocenters. The third-order valence-corrected chi connectivity index (χ3v) is 6.85. The molecule has 4 rings (SSSR count). The molecule has 2 aliphatic heterocycles. The molecule has 0 saturated carbocycles. The van der Waals surface area contributed by atoms with E-state index in [-0.39, 0.29) is 55.1 Å². The van der Waals surface area contributed by atoms with E-state index in [0.29, 0.717) is 24.7 Å². The highest BCUT2D eigenvalue weighted by Gasteiger charge is 2.31. The lowest BCUT2D eigenvalue weighted by Crippen LogP contribution is -2.51. The van der Waals surface area contributed by atoms with Gasteiger partial charge in [0.05, 0.1) is 4.90 Å². The van der Waals surface area contributed by atoms with Gasteiger partial charge in [-0.05, 0) is 24.3 Å². The van der Waals surface area contributed by atoms with E-state index >= 15 is 0 Å². The molecule has 0 atom stereocenters. The van der Waals surface area contributed by atoms with Crippen LogP contribution in [0.4, 0.5) is 0 Å². The molecule has 10 heteroatoms. The minimum Gasteiger partial charge on any atom is -0.504 e. The number of nitrogens with zero attached hydrogens (tertiary/aromatic N) is 2. The average molecular weight is 434 g/mol. The van der Waals surface area contributed by atoms with E-state index in [2.05, 4.69) is 0 Å². The molecule has 2 heterocycles. The number of sulfonamides is 1. The number of fused-ring (bicyclic) bond motifs is 1. The van der Waals surface area contributed by atoms with Crippen LogP contribution in [0, 0.1) is 0 Å². The van der Waals surface area contributed by atoms with E-state index in [0.717, 1.165) is 0 Å². The number of carbonyl (C=O) groups is 1. The summed E-state index contributed by atoms with van der Waals surface area (Å²) in [6.45, 7) is 1.45. The molecule has 9 nitrogen and oxygen atoms in total. The van der Waals surface area contributed by atoms with E-state index in [4.69, 9.17) is 14.2 Å². The Kier molecular flexibility index (Phi) is 5.69. The van der Waals surface area contributed by atoms with Crippen LogP contribution in [0.3, 0.4) is 0 Å². The van der Waals surface area contributed by atoms with Crippen LogP contribution in [0.15, 0.2) is 47.4 Å². The average Bonchev–Trinajstić information content (AvgIpc) is 2.78. The predicted octanol–water partition coefficient (Wildman–Crippen LogP) is 1.08. The van der Waals surface area contributed by atoms with Crippen molar-refractivity contribution in [2.24, 2.45) is 0 Å². The van der Waals surface area contributed by atoms with Gasteiger partial charge in [-0.1, -0.05) is 12.1 Å². The van der Waals surface area contributed by atoms with E-state index in [1.165, 1.54) is 22.5 Å². The number of amides is 1. The number of ether oxygens (including phenoxy) is 3. The van der Waals surface area contributed by atoms with Gasteiger partial charge in [0, 0.05) is 32.2 Å². The number of piperazine rings is 1. The third kappa shape index (κ3) is 4.14. The van der Waals surface area contributed by atoms with Crippen molar-refractivity contribution < 1.29 is 32.5 Å². The van der Waals surface area contributed by atoms with Gasteiger partial charge >= 0.3 is 0 Å². The van der Waals surface area contributed by atoms with Crippen LogP contribution in [-0.2, 0) is 14.8 Å². The highest BCUT2D eigenvalue weighted by molar-refractivity contribution is 7.89. The smallest absolute Gasteiger partial charge is 0.260 e. The lowest BCUT2D eigenvalue weighted by Gasteiger charge is -2.34. The van der Waals surface area contributed by atoms with Crippen molar-refractivity contribution in [3.63, 3.8) is 0 Å². The fourth-order valence-electron chi connectivity index (χ4n) is 3.32. The summed E-state index contributed by atoms with van der Waals surface area (Å²) < 4.78 is 43.6. The molecule has 0 aromatic heterocycles. The van der Waals surface area contributed by atoms with Crippen molar-refractivity contribution >= 4 is 15.9 Å².